The fourth-order valence-corrected chi connectivity index (χ4v) is 7.94. The Balaban J connectivity index is 1.07. The van der Waals surface area contributed by atoms with Crippen molar-refractivity contribution in [1.82, 2.24) is 15.0 Å². The minimum atomic E-state index is 0.638. The molecule has 0 saturated heterocycles. The second-order valence-corrected chi connectivity index (χ2v) is 15.1. The van der Waals surface area contributed by atoms with E-state index in [1.807, 2.05) is 85.3 Å². The van der Waals surface area contributed by atoms with E-state index in [2.05, 4.69) is 142 Å². The summed E-state index contributed by atoms with van der Waals surface area (Å²) in [6.07, 6.45) is 9.21. The quantitative estimate of drug-likeness (QED) is 0.124. The van der Waals surface area contributed by atoms with Crippen molar-refractivity contribution in [2.24, 2.45) is 0 Å². The number of hydrogen-bond acceptors (Lipinski definition) is 4. The van der Waals surface area contributed by atoms with Gasteiger partial charge in [-0.15, -0.1) is 0 Å². The molecule has 4 heteroatoms. The highest BCUT2D eigenvalue weighted by atomic mass is 14.7. The molecular weight excluding hydrogens is 729 g/mol. The summed E-state index contributed by atoms with van der Waals surface area (Å²) in [5, 5.41) is 9.58. The molecule has 4 nitrogen and oxygen atoms in total. The Morgan fingerprint density at radius 2 is 0.750 bits per heavy atom. The van der Waals surface area contributed by atoms with E-state index < -0.39 is 0 Å². The van der Waals surface area contributed by atoms with Gasteiger partial charge in [0.2, 0.25) is 0 Å². The van der Waals surface area contributed by atoms with Gasteiger partial charge in [-0.1, -0.05) is 133 Å². The van der Waals surface area contributed by atoms with Gasteiger partial charge in [0.05, 0.1) is 28.7 Å². The Bertz CT molecular complexity index is 2780. The molecule has 0 saturated carbocycles. The molecule has 0 atom stereocenters. The third kappa shape index (κ3) is 8.72. The topological polar surface area (TPSA) is 62.5 Å². The van der Waals surface area contributed by atoms with E-state index >= 15 is 0 Å². The van der Waals surface area contributed by atoms with E-state index in [1.54, 1.807) is 0 Å². The summed E-state index contributed by atoms with van der Waals surface area (Å²) in [5.41, 5.74) is 18.9. The van der Waals surface area contributed by atoms with E-state index in [0.29, 0.717) is 5.56 Å². The standard InChI is InChI=1S/C56H42N4/c57-39-42-22-24-45(25-23-42)53-38-48(56-13-5-8-34-60-56)30-31-52(53)51-10-2-1-9-50(51)49-36-43(16-14-40-18-26-46(27-19-40)54-11-3-6-32-58-54)35-44(37-49)17-15-41-20-28-47(29-21-41)55-12-4-7-33-59-55/h1-13,18-38H,14-17H2. The second-order valence-electron chi connectivity index (χ2n) is 15.1. The van der Waals surface area contributed by atoms with Gasteiger partial charge in [0.25, 0.3) is 0 Å². The van der Waals surface area contributed by atoms with Gasteiger partial charge < -0.3 is 0 Å². The van der Waals surface area contributed by atoms with Crippen molar-refractivity contribution in [3.8, 4) is 73.2 Å². The van der Waals surface area contributed by atoms with Crippen molar-refractivity contribution in [1.29, 1.82) is 5.26 Å². The number of nitrogens with zero attached hydrogens (tertiary/aromatic N) is 4. The van der Waals surface area contributed by atoms with Crippen molar-refractivity contribution >= 4 is 0 Å². The van der Waals surface area contributed by atoms with Crippen LogP contribution in [0.1, 0.15) is 27.8 Å². The van der Waals surface area contributed by atoms with E-state index in [-0.39, 0.29) is 0 Å². The van der Waals surface area contributed by atoms with Crippen LogP contribution in [-0.2, 0) is 25.7 Å². The number of benzene rings is 6. The van der Waals surface area contributed by atoms with Crippen LogP contribution in [0, 0.1) is 11.3 Å². The van der Waals surface area contributed by atoms with Crippen LogP contribution < -0.4 is 0 Å². The van der Waals surface area contributed by atoms with E-state index in [9.17, 15) is 5.26 Å². The third-order valence-corrected chi connectivity index (χ3v) is 11.1. The van der Waals surface area contributed by atoms with Crippen LogP contribution in [0.25, 0.3) is 67.2 Å². The molecule has 286 valence electrons. The van der Waals surface area contributed by atoms with Gasteiger partial charge in [-0.3, -0.25) is 15.0 Å². The zero-order chi connectivity index (χ0) is 40.5. The Morgan fingerprint density at radius 1 is 0.317 bits per heavy atom. The zero-order valence-corrected chi connectivity index (χ0v) is 33.2. The Labute approximate surface area is 352 Å². The lowest BCUT2D eigenvalue weighted by Crippen LogP contribution is -1.98. The lowest BCUT2D eigenvalue weighted by atomic mass is 9.86. The summed E-state index contributed by atoms with van der Waals surface area (Å²) < 4.78 is 0. The third-order valence-electron chi connectivity index (χ3n) is 11.1. The maximum atomic E-state index is 9.58. The maximum Gasteiger partial charge on any atom is 0.0991 e. The van der Waals surface area contributed by atoms with Crippen molar-refractivity contribution in [3.63, 3.8) is 0 Å². The average molecular weight is 771 g/mol. The fourth-order valence-electron chi connectivity index (χ4n) is 7.94. The number of aryl methyl sites for hydroxylation is 4. The Morgan fingerprint density at radius 3 is 1.25 bits per heavy atom. The molecule has 6 aromatic carbocycles. The first-order valence-electron chi connectivity index (χ1n) is 20.5. The van der Waals surface area contributed by atoms with Crippen LogP contribution in [0.4, 0.5) is 0 Å². The Kier molecular flexibility index (Phi) is 11.2. The summed E-state index contributed by atoms with van der Waals surface area (Å²) in [5.74, 6) is 0. The summed E-state index contributed by atoms with van der Waals surface area (Å²) in [4.78, 5) is 13.7. The average Bonchev–Trinajstić information content (AvgIpc) is 3.33. The van der Waals surface area contributed by atoms with Gasteiger partial charge in [0.1, 0.15) is 0 Å². The van der Waals surface area contributed by atoms with E-state index in [0.717, 1.165) is 81.7 Å². The summed E-state index contributed by atoms with van der Waals surface area (Å²) in [7, 11) is 0. The lowest BCUT2D eigenvalue weighted by molar-refractivity contribution is 0.931. The molecule has 0 amide bonds. The largest absolute Gasteiger partial charge is 0.256 e. The summed E-state index contributed by atoms with van der Waals surface area (Å²) in [6, 6.07) is 68.4. The SMILES string of the molecule is N#Cc1ccc(-c2cc(-c3ccccn3)ccc2-c2ccccc2-c2cc(CCc3ccc(-c4ccccn4)cc3)cc(CCc3ccc(-c4ccccn4)cc3)c2)cc1. The number of hydrogen-bond donors (Lipinski definition) is 0. The lowest BCUT2D eigenvalue weighted by Gasteiger charge is -2.18. The highest BCUT2D eigenvalue weighted by molar-refractivity contribution is 5.93. The predicted octanol–water partition coefficient (Wildman–Crippen LogP) is 13.3. The number of aromatic nitrogens is 3. The van der Waals surface area contributed by atoms with Gasteiger partial charge in [0.15, 0.2) is 0 Å². The summed E-state index contributed by atoms with van der Waals surface area (Å²) in [6.45, 7) is 0. The molecule has 3 heterocycles. The van der Waals surface area contributed by atoms with Crippen molar-refractivity contribution in [2.45, 2.75) is 25.7 Å². The molecule has 9 aromatic rings. The van der Waals surface area contributed by atoms with E-state index in [4.69, 9.17) is 0 Å². The van der Waals surface area contributed by atoms with Crippen LogP contribution in [0.15, 0.2) is 207 Å². The maximum absolute atomic E-state index is 9.58. The molecule has 0 fully saturated rings. The molecule has 0 aliphatic rings. The molecule has 3 aromatic heterocycles. The molecule has 0 N–H and O–H groups in total. The highest BCUT2D eigenvalue weighted by Crippen LogP contribution is 2.41. The first-order valence-corrected chi connectivity index (χ1v) is 20.5. The second kappa shape index (κ2) is 17.8. The molecule has 0 unspecified atom stereocenters. The molecule has 0 aliphatic carbocycles. The molecule has 60 heavy (non-hydrogen) atoms. The van der Waals surface area contributed by atoms with Gasteiger partial charge in [-0.05, 0) is 136 Å². The van der Waals surface area contributed by atoms with E-state index in [1.165, 1.54) is 33.4 Å². The number of nitriles is 1. The first kappa shape index (κ1) is 37.8. The van der Waals surface area contributed by atoms with Crippen LogP contribution in [-0.4, -0.2) is 15.0 Å². The molecular formula is C56H42N4. The van der Waals surface area contributed by atoms with Crippen LogP contribution >= 0.6 is 0 Å². The fraction of sp³-hybridized carbons (Fsp3) is 0.0714. The smallest absolute Gasteiger partial charge is 0.0991 e. The first-order chi connectivity index (χ1) is 29.7. The van der Waals surface area contributed by atoms with Gasteiger partial charge in [0, 0.05) is 35.3 Å². The van der Waals surface area contributed by atoms with Gasteiger partial charge >= 0.3 is 0 Å². The molecule has 0 bridgehead atoms. The molecule has 0 radical (unpaired) electrons. The minimum Gasteiger partial charge on any atom is -0.256 e. The predicted molar refractivity (Wildman–Crippen MR) is 245 cm³/mol. The van der Waals surface area contributed by atoms with Crippen molar-refractivity contribution < 1.29 is 0 Å². The molecule has 0 spiro atoms. The minimum absolute atomic E-state index is 0.638. The van der Waals surface area contributed by atoms with Crippen LogP contribution in [0.5, 0.6) is 0 Å². The summed E-state index contributed by atoms with van der Waals surface area (Å²) >= 11 is 0. The van der Waals surface area contributed by atoms with Crippen LogP contribution in [0.2, 0.25) is 0 Å². The highest BCUT2D eigenvalue weighted by Gasteiger charge is 2.16. The zero-order valence-electron chi connectivity index (χ0n) is 33.2. The normalized spacial score (nSPS) is 10.9. The molecule has 0 aliphatic heterocycles. The van der Waals surface area contributed by atoms with Crippen molar-refractivity contribution in [2.75, 3.05) is 0 Å². The van der Waals surface area contributed by atoms with Gasteiger partial charge in [-0.2, -0.15) is 5.26 Å². The molecule has 9 rings (SSSR count). The Hall–Kier alpha value is -7.74. The number of pyridine rings is 3. The number of rotatable bonds is 12. The van der Waals surface area contributed by atoms with Gasteiger partial charge in [-0.25, -0.2) is 0 Å². The monoisotopic (exact) mass is 770 g/mol. The van der Waals surface area contributed by atoms with Crippen molar-refractivity contribution in [3.05, 3.63) is 234 Å². The van der Waals surface area contributed by atoms with Crippen LogP contribution in [0.3, 0.4) is 0 Å².